The first-order valence-electron chi connectivity index (χ1n) is 5.06. The summed E-state index contributed by atoms with van der Waals surface area (Å²) in [4.78, 5) is 35.3. The highest BCUT2D eigenvalue weighted by atomic mass is 79.9. The number of benzene rings is 1. The van der Waals surface area contributed by atoms with E-state index < -0.39 is 23.7 Å². The lowest BCUT2D eigenvalue weighted by molar-refractivity contribution is -0.138. The molecule has 2 rings (SSSR count). The zero-order valence-electron chi connectivity index (χ0n) is 9.09. The van der Waals surface area contributed by atoms with Crippen LogP contribution in [0.15, 0.2) is 22.7 Å². The van der Waals surface area contributed by atoms with Gasteiger partial charge in [0, 0.05) is 4.47 Å². The third-order valence-corrected chi connectivity index (χ3v) is 3.28. The van der Waals surface area contributed by atoms with E-state index in [0.29, 0.717) is 10.2 Å². The third kappa shape index (κ3) is 1.91. The van der Waals surface area contributed by atoms with Crippen molar-refractivity contribution < 1.29 is 19.5 Å². The molecule has 94 valence electrons. The fourth-order valence-electron chi connectivity index (χ4n) is 1.76. The molecule has 1 aromatic carbocycles. The summed E-state index contributed by atoms with van der Waals surface area (Å²) in [5.74, 6) is -2.63. The third-order valence-electron chi connectivity index (χ3n) is 2.64. The number of amides is 1. The Hall–Kier alpha value is -1.73. The number of halogens is 1. The summed E-state index contributed by atoms with van der Waals surface area (Å²) in [6.45, 7) is -0.241. The molecule has 0 spiro atoms. The van der Waals surface area contributed by atoms with Gasteiger partial charge in [-0.3, -0.25) is 14.4 Å². The van der Waals surface area contributed by atoms with Crippen molar-refractivity contribution in [1.82, 2.24) is 0 Å². The van der Waals surface area contributed by atoms with E-state index >= 15 is 0 Å². The molecular formula is C11H9BrN2O4. The minimum atomic E-state index is -1.24. The standard InChI is InChI=1S/C11H9BrN2O4/c12-6-3-1-2-5-8(6)14(10(16)9(5)15)4-7(13)11(17)18/h1-3,7H,4,13H2,(H,17,18). The van der Waals surface area contributed by atoms with Gasteiger partial charge in [0.25, 0.3) is 11.7 Å². The average molecular weight is 313 g/mol. The predicted molar refractivity (Wildman–Crippen MR) is 66.4 cm³/mol. The van der Waals surface area contributed by atoms with Crippen LogP contribution in [0.1, 0.15) is 10.4 Å². The molecule has 3 N–H and O–H groups in total. The molecule has 1 aliphatic heterocycles. The van der Waals surface area contributed by atoms with E-state index in [2.05, 4.69) is 15.9 Å². The molecule has 0 aliphatic carbocycles. The minimum Gasteiger partial charge on any atom is -0.480 e. The van der Waals surface area contributed by atoms with E-state index in [0.717, 1.165) is 4.90 Å². The zero-order chi connectivity index (χ0) is 13.4. The number of Topliss-reactive ketones (excluding diaryl/α,β-unsaturated/α-hetero) is 1. The van der Waals surface area contributed by atoms with Gasteiger partial charge in [-0.2, -0.15) is 0 Å². The van der Waals surface area contributed by atoms with Crippen LogP contribution < -0.4 is 10.6 Å². The monoisotopic (exact) mass is 312 g/mol. The molecule has 0 aromatic heterocycles. The Labute approximate surface area is 110 Å². The van der Waals surface area contributed by atoms with Crippen LogP contribution in [-0.4, -0.2) is 35.4 Å². The molecule has 0 saturated heterocycles. The molecule has 18 heavy (non-hydrogen) atoms. The molecule has 1 aliphatic rings. The van der Waals surface area contributed by atoms with Gasteiger partial charge in [0.15, 0.2) is 0 Å². The summed E-state index contributed by atoms with van der Waals surface area (Å²) >= 11 is 3.24. The van der Waals surface area contributed by atoms with Gasteiger partial charge in [-0.15, -0.1) is 0 Å². The van der Waals surface area contributed by atoms with Gasteiger partial charge in [0.1, 0.15) is 6.04 Å². The molecule has 7 heteroatoms. The minimum absolute atomic E-state index is 0.241. The number of nitrogens with two attached hydrogens (primary N) is 1. The number of hydrogen-bond acceptors (Lipinski definition) is 4. The number of aliphatic carboxylic acids is 1. The molecule has 6 nitrogen and oxygen atoms in total. The van der Waals surface area contributed by atoms with Crippen molar-refractivity contribution in [1.29, 1.82) is 0 Å². The lowest BCUT2D eigenvalue weighted by Gasteiger charge is -2.19. The zero-order valence-corrected chi connectivity index (χ0v) is 10.7. The van der Waals surface area contributed by atoms with Crippen LogP contribution in [0.4, 0.5) is 5.69 Å². The topological polar surface area (TPSA) is 101 Å². The number of anilines is 1. The number of hydrogen-bond donors (Lipinski definition) is 2. The molecule has 1 amide bonds. The first-order chi connectivity index (χ1) is 8.43. The molecule has 0 bridgehead atoms. The highest BCUT2D eigenvalue weighted by molar-refractivity contribution is 9.10. The van der Waals surface area contributed by atoms with E-state index in [1.54, 1.807) is 12.1 Å². The van der Waals surface area contributed by atoms with Gasteiger partial charge in [0.05, 0.1) is 17.8 Å². The maximum atomic E-state index is 11.8. The van der Waals surface area contributed by atoms with Crippen molar-refractivity contribution >= 4 is 39.3 Å². The Bertz CT molecular complexity index is 558. The fourth-order valence-corrected chi connectivity index (χ4v) is 2.34. The van der Waals surface area contributed by atoms with Crippen LogP contribution in [0.5, 0.6) is 0 Å². The van der Waals surface area contributed by atoms with Crippen LogP contribution in [0.25, 0.3) is 0 Å². The molecule has 0 radical (unpaired) electrons. The summed E-state index contributed by atoms with van der Waals surface area (Å²) < 4.78 is 0.553. The summed E-state index contributed by atoms with van der Waals surface area (Å²) in [7, 11) is 0. The number of rotatable bonds is 3. The molecule has 1 aromatic rings. The lowest BCUT2D eigenvalue weighted by Crippen LogP contribution is -2.44. The second-order valence-electron chi connectivity index (χ2n) is 3.83. The number of fused-ring (bicyclic) bond motifs is 1. The summed E-state index contributed by atoms with van der Waals surface area (Å²) in [5, 5.41) is 8.75. The van der Waals surface area contributed by atoms with E-state index in [1.807, 2.05) is 0 Å². The van der Waals surface area contributed by atoms with Crippen molar-refractivity contribution in [2.75, 3.05) is 11.4 Å². The quantitative estimate of drug-likeness (QED) is 0.786. The Morgan fingerprint density at radius 1 is 1.44 bits per heavy atom. The number of nitrogens with zero attached hydrogens (tertiary/aromatic N) is 1. The van der Waals surface area contributed by atoms with Gasteiger partial charge in [-0.05, 0) is 28.1 Å². The number of carbonyl (C=O) groups excluding carboxylic acids is 2. The van der Waals surface area contributed by atoms with Crippen molar-refractivity contribution in [2.45, 2.75) is 6.04 Å². The second-order valence-corrected chi connectivity index (χ2v) is 4.68. The molecule has 1 heterocycles. The summed E-state index contributed by atoms with van der Waals surface area (Å²) in [6.07, 6.45) is 0. The molecule has 1 unspecified atom stereocenters. The summed E-state index contributed by atoms with van der Waals surface area (Å²) in [6, 6.07) is 3.59. The van der Waals surface area contributed by atoms with Gasteiger partial charge in [0.2, 0.25) is 0 Å². The van der Waals surface area contributed by atoms with Crippen molar-refractivity contribution in [2.24, 2.45) is 5.73 Å². The van der Waals surface area contributed by atoms with Crippen LogP contribution in [0.3, 0.4) is 0 Å². The highest BCUT2D eigenvalue weighted by Gasteiger charge is 2.38. The Balaban J connectivity index is 2.42. The maximum absolute atomic E-state index is 11.8. The molecule has 0 fully saturated rings. The largest absolute Gasteiger partial charge is 0.480 e. The van der Waals surface area contributed by atoms with Crippen LogP contribution in [0, 0.1) is 0 Å². The van der Waals surface area contributed by atoms with Crippen molar-refractivity contribution in [3.63, 3.8) is 0 Å². The average Bonchev–Trinajstić information content (AvgIpc) is 2.56. The fraction of sp³-hybridized carbons (Fsp3) is 0.182. The Morgan fingerprint density at radius 2 is 2.11 bits per heavy atom. The lowest BCUT2D eigenvalue weighted by atomic mass is 10.1. The SMILES string of the molecule is NC(CN1C(=O)C(=O)c2cccc(Br)c21)C(=O)O. The molecular weight excluding hydrogens is 304 g/mol. The van der Waals surface area contributed by atoms with Gasteiger partial charge in [-0.1, -0.05) is 6.07 Å². The number of carboxylic acid groups (broad SMARTS) is 1. The first kappa shape index (κ1) is 12.7. The van der Waals surface area contributed by atoms with Gasteiger partial charge in [-0.25, -0.2) is 0 Å². The van der Waals surface area contributed by atoms with Crippen LogP contribution >= 0.6 is 15.9 Å². The Kier molecular flexibility index (Phi) is 3.18. The number of ketones is 1. The van der Waals surface area contributed by atoms with E-state index in [9.17, 15) is 14.4 Å². The Morgan fingerprint density at radius 3 is 2.72 bits per heavy atom. The van der Waals surface area contributed by atoms with Crippen LogP contribution in [-0.2, 0) is 9.59 Å². The van der Waals surface area contributed by atoms with Gasteiger partial charge < -0.3 is 15.7 Å². The van der Waals surface area contributed by atoms with E-state index in [4.69, 9.17) is 10.8 Å². The predicted octanol–water partition coefficient (Wildman–Crippen LogP) is 0.390. The number of carbonyl (C=O) groups is 3. The summed E-state index contributed by atoms with van der Waals surface area (Å²) in [5.41, 5.74) is 6.03. The van der Waals surface area contributed by atoms with E-state index in [1.165, 1.54) is 6.07 Å². The van der Waals surface area contributed by atoms with Gasteiger partial charge >= 0.3 is 5.97 Å². The smallest absolute Gasteiger partial charge is 0.322 e. The van der Waals surface area contributed by atoms with Crippen molar-refractivity contribution in [3.05, 3.63) is 28.2 Å². The van der Waals surface area contributed by atoms with Crippen molar-refractivity contribution in [3.8, 4) is 0 Å². The van der Waals surface area contributed by atoms with E-state index in [-0.39, 0.29) is 12.1 Å². The molecule has 0 saturated carbocycles. The number of carboxylic acids is 1. The highest BCUT2D eigenvalue weighted by Crippen LogP contribution is 2.35. The second kappa shape index (κ2) is 4.51. The van der Waals surface area contributed by atoms with Crippen LogP contribution in [0.2, 0.25) is 0 Å². The number of para-hydroxylation sites is 1. The normalized spacial score (nSPS) is 15.8. The maximum Gasteiger partial charge on any atom is 0.322 e. The molecule has 1 atom stereocenters. The first-order valence-corrected chi connectivity index (χ1v) is 5.86.